The van der Waals surface area contributed by atoms with Crippen molar-refractivity contribution >= 4 is 23.6 Å². The van der Waals surface area contributed by atoms with E-state index < -0.39 is 6.10 Å². The summed E-state index contributed by atoms with van der Waals surface area (Å²) in [6.45, 7) is 21.0. The molecule has 0 aliphatic heterocycles. The number of nitrogens with one attached hydrogen (secondary N) is 1. The maximum absolute atomic E-state index is 13.2. The van der Waals surface area contributed by atoms with Crippen molar-refractivity contribution in [1.29, 1.82) is 0 Å². The summed E-state index contributed by atoms with van der Waals surface area (Å²) in [4.78, 5) is 22.8. The number of benzene rings is 2. The molecule has 0 fully saturated rings. The van der Waals surface area contributed by atoms with Gasteiger partial charge < -0.3 is 29.0 Å². The summed E-state index contributed by atoms with van der Waals surface area (Å²) in [7, 11) is 4.58. The fourth-order valence-electron chi connectivity index (χ4n) is 3.66. The number of hydrogen-bond acceptors (Lipinski definition) is 7. The van der Waals surface area contributed by atoms with Gasteiger partial charge in [0.1, 0.15) is 24.2 Å². The van der Waals surface area contributed by atoms with Gasteiger partial charge in [0.15, 0.2) is 0 Å². The number of rotatable bonds is 14. The Morgan fingerprint density at radius 3 is 2.14 bits per heavy atom. The van der Waals surface area contributed by atoms with Gasteiger partial charge in [-0.3, -0.25) is 9.59 Å². The van der Waals surface area contributed by atoms with Crippen molar-refractivity contribution in [2.75, 3.05) is 33.3 Å². The first-order valence-corrected chi connectivity index (χ1v) is 13.7. The zero-order chi connectivity index (χ0) is 32.1. The van der Waals surface area contributed by atoms with Gasteiger partial charge in [-0.1, -0.05) is 64.6 Å². The van der Waals surface area contributed by atoms with Gasteiger partial charge >= 0.3 is 5.97 Å². The van der Waals surface area contributed by atoms with Crippen LogP contribution in [-0.2, 0) is 30.4 Å². The van der Waals surface area contributed by atoms with Crippen molar-refractivity contribution < 1.29 is 33.3 Å². The minimum Gasteiger partial charge on any atom is -0.502 e. The van der Waals surface area contributed by atoms with Crippen molar-refractivity contribution in [3.05, 3.63) is 85.2 Å². The number of carbonyl (C=O) groups is 2. The number of esters is 1. The summed E-state index contributed by atoms with van der Waals surface area (Å²) in [5.74, 6) is 1.63. The van der Waals surface area contributed by atoms with E-state index in [0.717, 1.165) is 35.5 Å². The third-order valence-corrected chi connectivity index (χ3v) is 5.86. The van der Waals surface area contributed by atoms with Gasteiger partial charge in [0.25, 0.3) is 5.91 Å². The van der Waals surface area contributed by atoms with Crippen LogP contribution < -0.4 is 14.8 Å². The average Bonchev–Trinajstić information content (AvgIpc) is 2.97. The van der Waals surface area contributed by atoms with Crippen LogP contribution in [0.3, 0.4) is 0 Å². The predicted octanol–water partition coefficient (Wildman–Crippen LogP) is 7.60. The van der Waals surface area contributed by atoms with Crippen LogP contribution in [0.1, 0.15) is 58.6 Å². The minimum atomic E-state index is -0.609. The molecule has 1 amide bonds. The van der Waals surface area contributed by atoms with Crippen LogP contribution in [0.4, 0.5) is 5.69 Å². The SMILES string of the molecule is C=C(C)OC.C=CCOC(C(=O)Nc1ccccc1OCc1cc(C=C)cc(OC)c1)C(C)(C)CCC.COC(C)=O. The molecule has 1 atom stereocenters. The maximum atomic E-state index is 13.2. The highest BCUT2D eigenvalue weighted by atomic mass is 16.5. The molecule has 0 saturated heterocycles. The smallest absolute Gasteiger partial charge is 0.302 e. The Balaban J connectivity index is 0.00000144. The number of anilines is 1. The Morgan fingerprint density at radius 1 is 1.02 bits per heavy atom. The molecule has 0 heterocycles. The van der Waals surface area contributed by atoms with Crippen LogP contribution in [0, 0.1) is 5.41 Å². The number of allylic oxidation sites excluding steroid dienone is 1. The normalized spacial score (nSPS) is 10.8. The molecule has 0 aromatic heterocycles. The quantitative estimate of drug-likeness (QED) is 0.139. The van der Waals surface area contributed by atoms with Crippen molar-refractivity contribution in [3.63, 3.8) is 0 Å². The first-order chi connectivity index (χ1) is 19.9. The number of methoxy groups -OCH3 is 3. The van der Waals surface area contributed by atoms with Crippen molar-refractivity contribution in [2.24, 2.45) is 5.41 Å². The number of ether oxygens (including phenoxy) is 5. The molecular formula is C34H49NO7. The first-order valence-electron chi connectivity index (χ1n) is 13.7. The molecule has 8 heteroatoms. The Kier molecular flexibility index (Phi) is 18.8. The number of hydrogen-bond donors (Lipinski definition) is 1. The van der Waals surface area contributed by atoms with E-state index in [0.29, 0.717) is 24.7 Å². The summed E-state index contributed by atoms with van der Waals surface area (Å²) < 4.78 is 25.9. The molecule has 0 radical (unpaired) electrons. The molecule has 0 spiro atoms. The van der Waals surface area contributed by atoms with Crippen LogP contribution in [0.15, 0.2) is 74.0 Å². The molecule has 0 aliphatic rings. The van der Waals surface area contributed by atoms with E-state index in [2.05, 4.69) is 41.5 Å². The molecule has 8 nitrogen and oxygen atoms in total. The lowest BCUT2D eigenvalue weighted by atomic mass is 9.81. The molecule has 0 saturated carbocycles. The molecule has 0 aliphatic carbocycles. The fourth-order valence-corrected chi connectivity index (χ4v) is 3.66. The predicted molar refractivity (Wildman–Crippen MR) is 171 cm³/mol. The maximum Gasteiger partial charge on any atom is 0.302 e. The third kappa shape index (κ3) is 15.1. The van der Waals surface area contributed by atoms with E-state index in [1.807, 2.05) is 56.3 Å². The summed E-state index contributed by atoms with van der Waals surface area (Å²) in [6.07, 6.45) is 4.64. The van der Waals surface area contributed by atoms with E-state index in [1.54, 1.807) is 33.3 Å². The Bertz CT molecular complexity index is 1130. The van der Waals surface area contributed by atoms with Crippen molar-refractivity contribution in [2.45, 2.75) is 60.2 Å². The van der Waals surface area contributed by atoms with E-state index in [4.69, 9.17) is 14.2 Å². The zero-order valence-corrected chi connectivity index (χ0v) is 26.6. The Labute approximate surface area is 252 Å². The van der Waals surface area contributed by atoms with Crippen LogP contribution in [0.2, 0.25) is 0 Å². The molecule has 2 aromatic rings. The van der Waals surface area contributed by atoms with Gasteiger partial charge in [0.2, 0.25) is 0 Å². The molecule has 42 heavy (non-hydrogen) atoms. The molecule has 1 unspecified atom stereocenters. The van der Waals surface area contributed by atoms with E-state index in [1.165, 1.54) is 14.0 Å². The summed E-state index contributed by atoms with van der Waals surface area (Å²) in [5.41, 5.74) is 2.17. The van der Waals surface area contributed by atoms with E-state index in [-0.39, 0.29) is 17.3 Å². The summed E-state index contributed by atoms with van der Waals surface area (Å²) in [6, 6.07) is 13.2. The number of amides is 1. The largest absolute Gasteiger partial charge is 0.502 e. The van der Waals surface area contributed by atoms with Gasteiger partial charge in [-0.05, 0) is 54.8 Å². The van der Waals surface area contributed by atoms with Gasteiger partial charge in [-0.25, -0.2) is 0 Å². The Morgan fingerprint density at radius 2 is 1.64 bits per heavy atom. The van der Waals surface area contributed by atoms with Crippen molar-refractivity contribution in [1.82, 2.24) is 0 Å². The standard InChI is InChI=1S/C27H35NO4.C4H8O.C3H6O2/c1-7-14-27(4,5)25(31-15-8-2)26(29)28-23-12-10-11-13-24(23)32-19-21-16-20(9-3)17-22(18-21)30-6;1-4(2)5-3;1-3(4)5-2/h8-13,16-18,25H,2-3,7,14-15,19H2,1,4-6H3,(H,28,29);1H2,2-3H3;1-2H3. The summed E-state index contributed by atoms with van der Waals surface area (Å²) >= 11 is 0. The first kappa shape index (κ1) is 38.0. The van der Waals surface area contributed by atoms with E-state index >= 15 is 0 Å². The monoisotopic (exact) mass is 583 g/mol. The molecular weight excluding hydrogens is 534 g/mol. The lowest BCUT2D eigenvalue weighted by Crippen LogP contribution is -2.42. The molecule has 1 N–H and O–H groups in total. The van der Waals surface area contributed by atoms with Crippen LogP contribution in [-0.4, -0.2) is 45.9 Å². The van der Waals surface area contributed by atoms with Crippen LogP contribution in [0.25, 0.3) is 6.08 Å². The highest BCUT2D eigenvalue weighted by Gasteiger charge is 2.35. The highest BCUT2D eigenvalue weighted by molar-refractivity contribution is 5.96. The lowest BCUT2D eigenvalue weighted by Gasteiger charge is -2.33. The molecule has 2 rings (SSSR count). The number of para-hydroxylation sites is 2. The van der Waals surface area contributed by atoms with E-state index in [9.17, 15) is 9.59 Å². The second-order valence-corrected chi connectivity index (χ2v) is 9.94. The van der Waals surface area contributed by atoms with Gasteiger partial charge in [-0.2, -0.15) is 0 Å². The topological polar surface area (TPSA) is 92.3 Å². The van der Waals surface area contributed by atoms with Crippen molar-refractivity contribution in [3.8, 4) is 11.5 Å². The molecule has 2 aromatic carbocycles. The third-order valence-electron chi connectivity index (χ3n) is 5.86. The Hall–Kier alpha value is -4.04. The van der Waals surface area contributed by atoms with Gasteiger partial charge in [0.05, 0.1) is 39.4 Å². The van der Waals surface area contributed by atoms with Crippen LogP contribution in [0.5, 0.6) is 11.5 Å². The summed E-state index contributed by atoms with van der Waals surface area (Å²) in [5, 5.41) is 3.00. The molecule has 232 valence electrons. The minimum absolute atomic E-state index is 0.198. The van der Waals surface area contributed by atoms with Crippen LogP contribution >= 0.6 is 0 Å². The lowest BCUT2D eigenvalue weighted by molar-refractivity contribution is -0.138. The zero-order valence-electron chi connectivity index (χ0n) is 26.6. The second-order valence-electron chi connectivity index (χ2n) is 9.94. The molecule has 0 bridgehead atoms. The fraction of sp³-hybridized carbons (Fsp3) is 0.412. The van der Waals surface area contributed by atoms with Gasteiger partial charge in [0, 0.05) is 12.3 Å². The second kappa shape index (κ2) is 20.8. The van der Waals surface area contributed by atoms with Gasteiger partial charge in [-0.15, -0.1) is 6.58 Å². The number of carbonyl (C=O) groups excluding carboxylic acids is 2. The highest BCUT2D eigenvalue weighted by Crippen LogP contribution is 2.32. The average molecular weight is 584 g/mol.